The van der Waals surface area contributed by atoms with Crippen LogP contribution >= 0.6 is 0 Å². The summed E-state index contributed by atoms with van der Waals surface area (Å²) in [4.78, 5) is 19.4. The van der Waals surface area contributed by atoms with Gasteiger partial charge in [0.25, 0.3) is 5.91 Å². The van der Waals surface area contributed by atoms with Crippen molar-refractivity contribution in [2.24, 2.45) is 0 Å². The van der Waals surface area contributed by atoms with E-state index < -0.39 is 11.7 Å². The molecule has 2 aromatic carbocycles. The van der Waals surface area contributed by atoms with Gasteiger partial charge < -0.3 is 9.64 Å². The number of carbonyl (C=O) groups excluding carboxylic acids is 1. The minimum atomic E-state index is -4.45. The normalized spacial score (nSPS) is 20.6. The Kier molecular flexibility index (Phi) is 7.55. The Balaban J connectivity index is 1.26. The second-order valence-corrected chi connectivity index (χ2v) is 8.66. The number of alkyl halides is 3. The van der Waals surface area contributed by atoms with Crippen LogP contribution < -0.4 is 4.74 Å². The molecule has 0 radical (unpaired) electrons. The highest BCUT2D eigenvalue weighted by molar-refractivity contribution is 5.94. The summed E-state index contributed by atoms with van der Waals surface area (Å²) in [6, 6.07) is 14.8. The van der Waals surface area contributed by atoms with Crippen LogP contribution in [0, 0.1) is 0 Å². The van der Waals surface area contributed by atoms with E-state index in [4.69, 9.17) is 4.74 Å². The van der Waals surface area contributed by atoms with Gasteiger partial charge in [-0.25, -0.2) is 0 Å². The molecule has 4 rings (SSSR count). The maximum Gasteiger partial charge on any atom is 0.416 e. The summed E-state index contributed by atoms with van der Waals surface area (Å²) >= 11 is 0. The first-order valence-corrected chi connectivity index (χ1v) is 11.5. The zero-order valence-electron chi connectivity index (χ0n) is 18.6. The Hall–Kier alpha value is -2.58. The van der Waals surface area contributed by atoms with Gasteiger partial charge in [0.2, 0.25) is 0 Å². The van der Waals surface area contributed by atoms with Crippen molar-refractivity contribution in [3.8, 4) is 5.75 Å². The molecular weight excluding hydrogens is 431 g/mol. The Bertz CT molecular complexity index is 915. The number of piperazine rings is 1. The number of piperidine rings is 1. The van der Waals surface area contributed by atoms with E-state index in [1.54, 1.807) is 4.90 Å². The maximum absolute atomic E-state index is 13.0. The molecule has 0 saturated carbocycles. The van der Waals surface area contributed by atoms with E-state index in [1.807, 2.05) is 30.3 Å². The molecule has 2 heterocycles. The number of likely N-dealkylation sites (tertiary alicyclic amines) is 1. The first-order valence-electron chi connectivity index (χ1n) is 11.5. The number of halogens is 3. The largest absolute Gasteiger partial charge is 0.492 e. The third-order valence-electron chi connectivity index (χ3n) is 6.46. The standard InChI is InChI=1S/C25H30F3N3O2/c26-25(27,28)21-7-4-6-20(18-21)24(32)31-11-5-8-22(19-31)30-14-12-29(13-15-30)16-17-33-23-9-2-1-3-10-23/h1-4,6-7,9-10,18,22H,5,8,11-17,19H2. The quantitative estimate of drug-likeness (QED) is 0.652. The minimum absolute atomic E-state index is 0.105. The summed E-state index contributed by atoms with van der Waals surface area (Å²) in [5.74, 6) is 0.561. The molecule has 5 nitrogen and oxygen atoms in total. The van der Waals surface area contributed by atoms with Crippen molar-refractivity contribution < 1.29 is 22.7 Å². The van der Waals surface area contributed by atoms with E-state index in [1.165, 1.54) is 12.1 Å². The molecule has 1 unspecified atom stereocenters. The summed E-state index contributed by atoms with van der Waals surface area (Å²) in [5.41, 5.74) is -0.678. The average Bonchev–Trinajstić information content (AvgIpc) is 2.84. The molecule has 0 N–H and O–H groups in total. The van der Waals surface area contributed by atoms with Crippen LogP contribution in [0.25, 0.3) is 0 Å². The minimum Gasteiger partial charge on any atom is -0.492 e. The highest BCUT2D eigenvalue weighted by atomic mass is 19.4. The summed E-state index contributed by atoms with van der Waals surface area (Å²) in [5, 5.41) is 0. The van der Waals surface area contributed by atoms with Crippen LogP contribution in [0.3, 0.4) is 0 Å². The Morgan fingerprint density at radius 2 is 1.73 bits per heavy atom. The molecule has 2 aliphatic rings. The third-order valence-corrected chi connectivity index (χ3v) is 6.46. The van der Waals surface area contributed by atoms with Crippen molar-refractivity contribution in [1.82, 2.24) is 14.7 Å². The lowest BCUT2D eigenvalue weighted by atomic mass is 10.0. The van der Waals surface area contributed by atoms with Gasteiger partial charge in [-0.05, 0) is 43.2 Å². The van der Waals surface area contributed by atoms with Gasteiger partial charge in [0.15, 0.2) is 0 Å². The molecule has 8 heteroatoms. The molecule has 0 aromatic heterocycles. The molecule has 2 aliphatic heterocycles. The molecule has 33 heavy (non-hydrogen) atoms. The van der Waals surface area contributed by atoms with Crippen LogP contribution in [-0.4, -0.2) is 79.1 Å². The number of ether oxygens (including phenoxy) is 1. The number of carbonyl (C=O) groups is 1. The topological polar surface area (TPSA) is 36.0 Å². The van der Waals surface area contributed by atoms with Crippen molar-refractivity contribution in [3.05, 3.63) is 65.7 Å². The van der Waals surface area contributed by atoms with Crippen molar-refractivity contribution >= 4 is 5.91 Å². The third kappa shape index (κ3) is 6.26. The highest BCUT2D eigenvalue weighted by Crippen LogP contribution is 2.30. The molecular formula is C25H30F3N3O2. The van der Waals surface area contributed by atoms with E-state index in [-0.39, 0.29) is 17.5 Å². The second kappa shape index (κ2) is 10.6. The van der Waals surface area contributed by atoms with Gasteiger partial charge in [-0.2, -0.15) is 13.2 Å². The maximum atomic E-state index is 13.0. The lowest BCUT2D eigenvalue weighted by Gasteiger charge is -2.43. The first-order chi connectivity index (χ1) is 15.9. The fraction of sp³-hybridized carbons (Fsp3) is 0.480. The first kappa shape index (κ1) is 23.6. The van der Waals surface area contributed by atoms with Crippen LogP contribution in [0.2, 0.25) is 0 Å². The SMILES string of the molecule is O=C(c1cccc(C(F)(F)F)c1)N1CCCC(N2CCN(CCOc3ccccc3)CC2)C1. The van der Waals surface area contributed by atoms with Gasteiger partial charge >= 0.3 is 6.18 Å². The predicted molar refractivity (Wildman–Crippen MR) is 120 cm³/mol. The number of amides is 1. The van der Waals surface area contributed by atoms with Gasteiger partial charge in [0, 0.05) is 57.4 Å². The van der Waals surface area contributed by atoms with Crippen molar-refractivity contribution in [2.45, 2.75) is 25.1 Å². The van der Waals surface area contributed by atoms with Crippen LogP contribution in [-0.2, 0) is 6.18 Å². The molecule has 2 saturated heterocycles. The van der Waals surface area contributed by atoms with Gasteiger partial charge in [-0.3, -0.25) is 14.6 Å². The van der Waals surface area contributed by atoms with Crippen LogP contribution in [0.15, 0.2) is 54.6 Å². The van der Waals surface area contributed by atoms with Crippen molar-refractivity contribution in [2.75, 3.05) is 52.4 Å². The zero-order valence-corrected chi connectivity index (χ0v) is 18.6. The van der Waals surface area contributed by atoms with Gasteiger partial charge in [-0.15, -0.1) is 0 Å². The number of para-hydroxylation sites is 1. The van der Waals surface area contributed by atoms with Crippen molar-refractivity contribution in [3.63, 3.8) is 0 Å². The number of hydrogen-bond acceptors (Lipinski definition) is 4. The summed E-state index contributed by atoms with van der Waals surface area (Å²) < 4.78 is 44.9. The molecule has 1 atom stereocenters. The number of hydrogen-bond donors (Lipinski definition) is 0. The van der Waals surface area contributed by atoms with E-state index >= 15 is 0 Å². The fourth-order valence-electron chi connectivity index (χ4n) is 4.61. The fourth-order valence-corrected chi connectivity index (χ4v) is 4.61. The molecule has 2 aromatic rings. The lowest BCUT2D eigenvalue weighted by Crippen LogP contribution is -2.56. The molecule has 178 valence electrons. The van der Waals surface area contributed by atoms with Crippen LogP contribution in [0.4, 0.5) is 13.2 Å². The summed E-state index contributed by atoms with van der Waals surface area (Å²) in [6.45, 7) is 6.38. The number of benzene rings is 2. The van der Waals surface area contributed by atoms with Gasteiger partial charge in [-0.1, -0.05) is 24.3 Å². The highest BCUT2D eigenvalue weighted by Gasteiger charge is 2.33. The molecule has 0 spiro atoms. The van der Waals surface area contributed by atoms with Gasteiger partial charge in [0.05, 0.1) is 5.56 Å². The monoisotopic (exact) mass is 461 g/mol. The second-order valence-electron chi connectivity index (χ2n) is 8.66. The Morgan fingerprint density at radius 3 is 2.45 bits per heavy atom. The van der Waals surface area contributed by atoms with Crippen LogP contribution in [0.1, 0.15) is 28.8 Å². The Labute approximate surface area is 192 Å². The average molecular weight is 462 g/mol. The molecule has 2 fully saturated rings. The van der Waals surface area contributed by atoms with Crippen LogP contribution in [0.5, 0.6) is 5.75 Å². The summed E-state index contributed by atoms with van der Waals surface area (Å²) in [7, 11) is 0. The number of nitrogens with zero attached hydrogens (tertiary/aromatic N) is 3. The smallest absolute Gasteiger partial charge is 0.416 e. The van der Waals surface area contributed by atoms with E-state index in [2.05, 4.69) is 9.80 Å². The predicted octanol–water partition coefficient (Wildman–Crippen LogP) is 4.01. The van der Waals surface area contributed by atoms with E-state index in [0.29, 0.717) is 19.7 Å². The molecule has 1 amide bonds. The van der Waals surface area contributed by atoms with Crippen molar-refractivity contribution in [1.29, 1.82) is 0 Å². The Morgan fingerprint density at radius 1 is 0.970 bits per heavy atom. The number of rotatable bonds is 6. The van der Waals surface area contributed by atoms with E-state index in [0.717, 1.165) is 63.4 Å². The summed E-state index contributed by atoms with van der Waals surface area (Å²) in [6.07, 6.45) is -2.59. The molecule has 0 bridgehead atoms. The van der Waals surface area contributed by atoms with Gasteiger partial charge in [0.1, 0.15) is 12.4 Å². The van der Waals surface area contributed by atoms with E-state index in [9.17, 15) is 18.0 Å². The lowest BCUT2D eigenvalue weighted by molar-refractivity contribution is -0.137. The zero-order chi connectivity index (χ0) is 23.3. The molecule has 0 aliphatic carbocycles.